The Hall–Kier alpha value is -2.38. The first-order chi connectivity index (χ1) is 12.5. The highest BCUT2D eigenvalue weighted by atomic mass is 79.9. The minimum absolute atomic E-state index is 0.0159. The van der Waals surface area contributed by atoms with Gasteiger partial charge in [0.25, 0.3) is 5.56 Å². The van der Waals surface area contributed by atoms with Gasteiger partial charge in [-0.2, -0.15) is 4.98 Å². The van der Waals surface area contributed by atoms with Crippen LogP contribution >= 0.6 is 27.5 Å². The molecule has 0 aliphatic carbocycles. The molecule has 0 amide bonds. The Morgan fingerprint density at radius 1 is 1.08 bits per heavy atom. The van der Waals surface area contributed by atoms with Crippen LogP contribution in [0.25, 0.3) is 5.69 Å². The average molecular weight is 437 g/mol. The summed E-state index contributed by atoms with van der Waals surface area (Å²) in [6.07, 6.45) is 1.56. The lowest BCUT2D eigenvalue weighted by atomic mass is 9.99. The van der Waals surface area contributed by atoms with Crippen LogP contribution in [-0.2, 0) is 6.54 Å². The molecular weight excluding hydrogens is 428 g/mol. The third kappa shape index (κ3) is 2.68. The highest BCUT2D eigenvalue weighted by molar-refractivity contribution is 9.10. The predicted molar refractivity (Wildman–Crippen MR) is 98.2 cm³/mol. The van der Waals surface area contributed by atoms with Crippen LogP contribution in [0.5, 0.6) is 0 Å². The van der Waals surface area contributed by atoms with Crippen LogP contribution in [0.3, 0.4) is 0 Å². The van der Waals surface area contributed by atoms with Crippen molar-refractivity contribution in [1.29, 1.82) is 0 Å². The lowest BCUT2D eigenvalue weighted by Crippen LogP contribution is -2.15. The summed E-state index contributed by atoms with van der Waals surface area (Å²) >= 11 is 9.62. The first-order valence-corrected chi connectivity index (χ1v) is 8.70. The molecule has 3 aromatic rings. The Labute approximate surface area is 159 Å². The molecule has 0 fully saturated rings. The van der Waals surface area contributed by atoms with Crippen molar-refractivity contribution in [2.75, 3.05) is 0 Å². The second-order valence-electron chi connectivity index (χ2n) is 5.57. The maximum Gasteiger partial charge on any atom is 0.272 e. The van der Waals surface area contributed by atoms with Gasteiger partial charge in [-0.1, -0.05) is 17.7 Å². The topological polar surface area (TPSA) is 47.2 Å². The Morgan fingerprint density at radius 2 is 1.81 bits per heavy atom. The SMILES string of the molecule is O=c1ccn2c(n1)CN=C(c1c(F)cccc1F)c1c-2ccc(Cl)c1Br. The third-order valence-electron chi connectivity index (χ3n) is 4.03. The first-order valence-electron chi connectivity index (χ1n) is 7.53. The molecule has 1 aliphatic heterocycles. The molecule has 2 aromatic carbocycles. The Bertz CT molecular complexity index is 1120. The van der Waals surface area contributed by atoms with Gasteiger partial charge in [0.2, 0.25) is 0 Å². The molecule has 8 heteroatoms. The van der Waals surface area contributed by atoms with E-state index in [0.717, 1.165) is 12.1 Å². The van der Waals surface area contributed by atoms with E-state index >= 15 is 0 Å². The molecule has 1 aliphatic rings. The zero-order valence-electron chi connectivity index (χ0n) is 13.0. The van der Waals surface area contributed by atoms with Crippen LogP contribution in [0.1, 0.15) is 17.0 Å². The fourth-order valence-corrected chi connectivity index (χ4v) is 3.58. The minimum atomic E-state index is -0.741. The normalized spacial score (nSPS) is 12.8. The number of hydrogen-bond donors (Lipinski definition) is 0. The average Bonchev–Trinajstić information content (AvgIpc) is 2.75. The number of aromatic nitrogens is 2. The van der Waals surface area contributed by atoms with E-state index in [1.165, 1.54) is 12.1 Å². The lowest BCUT2D eigenvalue weighted by Gasteiger charge is -2.16. The first kappa shape index (κ1) is 17.1. The zero-order valence-corrected chi connectivity index (χ0v) is 15.4. The van der Waals surface area contributed by atoms with E-state index in [1.54, 1.807) is 22.9 Å². The van der Waals surface area contributed by atoms with Crippen molar-refractivity contribution in [2.45, 2.75) is 6.54 Å². The Morgan fingerprint density at radius 3 is 2.54 bits per heavy atom. The van der Waals surface area contributed by atoms with Crippen LogP contribution < -0.4 is 5.56 Å². The van der Waals surface area contributed by atoms with Crippen LogP contribution in [0.15, 0.2) is 56.9 Å². The maximum atomic E-state index is 14.4. The van der Waals surface area contributed by atoms with Gasteiger partial charge in [0, 0.05) is 22.3 Å². The minimum Gasteiger partial charge on any atom is -0.303 e. The molecule has 0 spiro atoms. The number of rotatable bonds is 1. The van der Waals surface area contributed by atoms with Crippen molar-refractivity contribution >= 4 is 33.2 Å². The second-order valence-corrected chi connectivity index (χ2v) is 6.77. The van der Waals surface area contributed by atoms with Crippen molar-refractivity contribution in [3.05, 3.63) is 91.0 Å². The number of fused-ring (bicyclic) bond motifs is 3. The molecule has 2 heterocycles. The van der Waals surface area contributed by atoms with Crippen LogP contribution in [-0.4, -0.2) is 15.3 Å². The summed E-state index contributed by atoms with van der Waals surface area (Å²) in [5.74, 6) is -1.12. The molecule has 26 heavy (non-hydrogen) atoms. The number of hydrogen-bond acceptors (Lipinski definition) is 3. The summed E-state index contributed by atoms with van der Waals surface area (Å²) in [5.41, 5.74) is 0.408. The molecular formula is C18H9BrClF2N3O. The van der Waals surface area contributed by atoms with E-state index in [9.17, 15) is 13.6 Å². The third-order valence-corrected chi connectivity index (χ3v) is 5.40. The van der Waals surface area contributed by atoms with Gasteiger partial charge in [0.05, 0.1) is 28.5 Å². The van der Waals surface area contributed by atoms with Crippen molar-refractivity contribution in [1.82, 2.24) is 9.55 Å². The summed E-state index contributed by atoms with van der Waals surface area (Å²) in [4.78, 5) is 20.0. The van der Waals surface area contributed by atoms with Crippen LogP contribution in [0, 0.1) is 11.6 Å². The molecule has 0 unspecified atom stereocenters. The molecule has 130 valence electrons. The lowest BCUT2D eigenvalue weighted by molar-refractivity contribution is 0.579. The largest absolute Gasteiger partial charge is 0.303 e. The van der Waals surface area contributed by atoms with Crippen molar-refractivity contribution < 1.29 is 8.78 Å². The summed E-state index contributed by atoms with van der Waals surface area (Å²) in [6.45, 7) is -0.0159. The molecule has 0 saturated carbocycles. The predicted octanol–water partition coefficient (Wildman–Crippen LogP) is 4.28. The number of benzene rings is 2. The maximum absolute atomic E-state index is 14.4. The summed E-state index contributed by atoms with van der Waals surface area (Å²) in [5, 5.41) is 0.366. The van der Waals surface area contributed by atoms with Gasteiger partial charge in [-0.05, 0) is 40.2 Å². The zero-order chi connectivity index (χ0) is 18.4. The molecule has 0 radical (unpaired) electrons. The van der Waals surface area contributed by atoms with Gasteiger partial charge in [-0.15, -0.1) is 0 Å². The van der Waals surface area contributed by atoms with Gasteiger partial charge in [0.15, 0.2) is 0 Å². The van der Waals surface area contributed by atoms with Gasteiger partial charge in [-0.25, -0.2) is 8.78 Å². The second kappa shape index (κ2) is 6.41. The van der Waals surface area contributed by atoms with Gasteiger partial charge in [0.1, 0.15) is 17.5 Å². The standard InChI is InChI=1S/C18H9BrClF2N3O/c19-17-9(20)4-5-12-16(17)18(15-10(21)2-1-3-11(15)22)23-8-13-24-14(26)6-7-25(12)13/h1-7H,8H2. The molecule has 0 saturated heterocycles. The smallest absolute Gasteiger partial charge is 0.272 e. The quantitative estimate of drug-likeness (QED) is 0.572. The molecule has 1 aromatic heterocycles. The van der Waals surface area contributed by atoms with Crippen molar-refractivity contribution in [3.8, 4) is 5.69 Å². The van der Waals surface area contributed by atoms with E-state index in [4.69, 9.17) is 11.6 Å². The molecule has 4 rings (SSSR count). The number of nitrogens with zero attached hydrogens (tertiary/aromatic N) is 3. The molecule has 4 nitrogen and oxygen atoms in total. The summed E-state index contributed by atoms with van der Waals surface area (Å²) in [7, 11) is 0. The van der Waals surface area contributed by atoms with Gasteiger partial charge < -0.3 is 4.57 Å². The van der Waals surface area contributed by atoms with E-state index in [-0.39, 0.29) is 17.8 Å². The van der Waals surface area contributed by atoms with E-state index < -0.39 is 17.2 Å². The molecule has 0 bridgehead atoms. The van der Waals surface area contributed by atoms with Crippen LogP contribution in [0.4, 0.5) is 8.78 Å². The highest BCUT2D eigenvalue weighted by Gasteiger charge is 2.26. The van der Waals surface area contributed by atoms with E-state index in [2.05, 4.69) is 25.9 Å². The molecule has 0 N–H and O–H groups in total. The van der Waals surface area contributed by atoms with Crippen molar-refractivity contribution in [3.63, 3.8) is 0 Å². The highest BCUT2D eigenvalue weighted by Crippen LogP contribution is 2.35. The summed E-state index contributed by atoms with van der Waals surface area (Å²) < 4.78 is 31.0. The summed E-state index contributed by atoms with van der Waals surface area (Å²) in [6, 6.07) is 8.26. The van der Waals surface area contributed by atoms with E-state index in [0.29, 0.717) is 26.6 Å². The fraction of sp³-hybridized carbons (Fsp3) is 0.0556. The number of aliphatic imine (C=N–C) groups is 1. The van der Waals surface area contributed by atoms with Crippen molar-refractivity contribution in [2.24, 2.45) is 4.99 Å². The van der Waals surface area contributed by atoms with Crippen LogP contribution in [0.2, 0.25) is 5.02 Å². The van der Waals surface area contributed by atoms with Gasteiger partial charge >= 0.3 is 0 Å². The Balaban J connectivity index is 2.11. The number of halogens is 4. The fourth-order valence-electron chi connectivity index (χ4n) is 2.90. The monoisotopic (exact) mass is 435 g/mol. The van der Waals surface area contributed by atoms with Gasteiger partial charge in [-0.3, -0.25) is 9.79 Å². The molecule has 0 atom stereocenters. The van der Waals surface area contributed by atoms with E-state index in [1.807, 2.05) is 0 Å². The Kier molecular flexibility index (Phi) is 4.20.